The fourth-order valence-corrected chi connectivity index (χ4v) is 3.20. The average Bonchev–Trinajstić information content (AvgIpc) is 2.90. The van der Waals surface area contributed by atoms with E-state index in [1.165, 1.54) is 24.1 Å². The zero-order chi connectivity index (χ0) is 19.2. The SMILES string of the molecule is COc1ccc2c(c1)CCCC(=NCCCNCCCCNCCCN)N2.Cl.Cl.Cl.Cl. The summed E-state index contributed by atoms with van der Waals surface area (Å²) in [7, 11) is 1.72. The Morgan fingerprint density at radius 1 is 0.935 bits per heavy atom. The highest BCUT2D eigenvalue weighted by Crippen LogP contribution is 2.26. The molecule has 2 rings (SSSR count). The summed E-state index contributed by atoms with van der Waals surface area (Å²) in [6.45, 7) is 5.90. The Bertz CT molecular complexity index is 579. The summed E-state index contributed by atoms with van der Waals surface area (Å²) in [5, 5.41) is 10.4. The van der Waals surface area contributed by atoms with Crippen LogP contribution in [-0.2, 0) is 6.42 Å². The molecule has 0 atom stereocenters. The summed E-state index contributed by atoms with van der Waals surface area (Å²) in [6, 6.07) is 6.23. The monoisotopic (exact) mass is 519 g/mol. The molecule has 31 heavy (non-hydrogen) atoms. The van der Waals surface area contributed by atoms with Crippen molar-refractivity contribution in [3.05, 3.63) is 23.8 Å². The Morgan fingerprint density at radius 3 is 2.23 bits per heavy atom. The molecule has 0 saturated heterocycles. The first kappa shape index (κ1) is 35.1. The van der Waals surface area contributed by atoms with Crippen LogP contribution in [0, 0.1) is 0 Å². The summed E-state index contributed by atoms with van der Waals surface area (Å²) in [5.41, 5.74) is 7.96. The van der Waals surface area contributed by atoms with Crippen molar-refractivity contribution >= 4 is 61.2 Å². The number of nitrogens with one attached hydrogen (secondary N) is 3. The zero-order valence-corrected chi connectivity index (χ0v) is 21.8. The maximum Gasteiger partial charge on any atom is 0.119 e. The van der Waals surface area contributed by atoms with Crippen LogP contribution in [0.4, 0.5) is 5.69 Å². The maximum absolute atomic E-state index is 5.47. The molecule has 6 nitrogen and oxygen atoms in total. The van der Waals surface area contributed by atoms with Gasteiger partial charge in [0.1, 0.15) is 11.6 Å². The topological polar surface area (TPSA) is 83.7 Å². The van der Waals surface area contributed by atoms with Crippen molar-refractivity contribution in [2.75, 3.05) is 51.7 Å². The lowest BCUT2D eigenvalue weighted by atomic mass is 10.1. The summed E-state index contributed by atoms with van der Waals surface area (Å²) in [5.74, 6) is 2.04. The molecule has 1 heterocycles. The van der Waals surface area contributed by atoms with Gasteiger partial charge in [-0.2, -0.15) is 0 Å². The van der Waals surface area contributed by atoms with E-state index in [1.54, 1.807) is 7.11 Å². The number of benzene rings is 1. The van der Waals surface area contributed by atoms with Crippen LogP contribution in [0.1, 0.15) is 44.1 Å². The molecule has 0 spiro atoms. The van der Waals surface area contributed by atoms with Crippen LogP contribution in [0.5, 0.6) is 5.75 Å². The van der Waals surface area contributed by atoms with Gasteiger partial charge in [0.25, 0.3) is 0 Å². The Morgan fingerprint density at radius 2 is 1.58 bits per heavy atom. The number of amidine groups is 1. The molecule has 0 aliphatic carbocycles. The van der Waals surface area contributed by atoms with Crippen molar-refractivity contribution in [2.24, 2.45) is 10.7 Å². The number of methoxy groups -OCH3 is 1. The van der Waals surface area contributed by atoms with E-state index in [4.69, 9.17) is 15.5 Å². The summed E-state index contributed by atoms with van der Waals surface area (Å²) in [4.78, 5) is 4.77. The molecule has 184 valence electrons. The van der Waals surface area contributed by atoms with Gasteiger partial charge >= 0.3 is 0 Å². The number of unbranched alkanes of at least 4 members (excludes halogenated alkanes) is 1. The van der Waals surface area contributed by atoms with Gasteiger partial charge in [-0.15, -0.1) is 49.6 Å². The van der Waals surface area contributed by atoms with Crippen LogP contribution < -0.4 is 26.4 Å². The molecule has 0 bridgehead atoms. The summed E-state index contributed by atoms with van der Waals surface area (Å²) >= 11 is 0. The number of nitrogens with two attached hydrogens (primary N) is 1. The van der Waals surface area contributed by atoms with Crippen LogP contribution in [0.2, 0.25) is 0 Å². The van der Waals surface area contributed by atoms with E-state index in [2.05, 4.69) is 28.1 Å². The second-order valence-corrected chi connectivity index (χ2v) is 7.03. The molecule has 5 N–H and O–H groups in total. The summed E-state index contributed by atoms with van der Waals surface area (Å²) < 4.78 is 5.32. The van der Waals surface area contributed by atoms with Gasteiger partial charge in [-0.05, 0) is 95.0 Å². The van der Waals surface area contributed by atoms with E-state index < -0.39 is 0 Å². The van der Waals surface area contributed by atoms with Crippen LogP contribution in [0.25, 0.3) is 0 Å². The fourth-order valence-electron chi connectivity index (χ4n) is 3.20. The smallest absolute Gasteiger partial charge is 0.119 e. The highest BCUT2D eigenvalue weighted by molar-refractivity contribution is 5.96. The van der Waals surface area contributed by atoms with Gasteiger partial charge in [0.2, 0.25) is 0 Å². The number of halogens is 4. The van der Waals surface area contributed by atoms with E-state index >= 15 is 0 Å². The number of fused-ring (bicyclic) bond motifs is 1. The third-order valence-electron chi connectivity index (χ3n) is 4.78. The lowest BCUT2D eigenvalue weighted by Gasteiger charge is -2.10. The van der Waals surface area contributed by atoms with Gasteiger partial charge in [0.15, 0.2) is 0 Å². The van der Waals surface area contributed by atoms with E-state index in [1.807, 2.05) is 6.07 Å². The Kier molecular flexibility index (Phi) is 25.7. The predicted octanol–water partition coefficient (Wildman–Crippen LogP) is 4.23. The number of aryl methyl sites for hydroxylation is 1. The standard InChI is InChI=1S/C21H37N5O.4ClH/c1-27-19-9-10-20-18(17-19)7-4-8-21(26-20)25-16-6-15-24-13-3-2-12-23-14-5-11-22;;;;/h9-10,17,23-24H,2-8,11-16,22H2,1H3,(H,25,26);4*1H. The third kappa shape index (κ3) is 15.1. The number of nitrogens with zero attached hydrogens (tertiary/aromatic N) is 1. The first-order valence-electron chi connectivity index (χ1n) is 10.4. The first-order chi connectivity index (χ1) is 13.3. The predicted molar refractivity (Wildman–Crippen MR) is 144 cm³/mol. The molecule has 1 aromatic carbocycles. The van der Waals surface area contributed by atoms with Crippen molar-refractivity contribution in [3.8, 4) is 5.75 Å². The number of ether oxygens (including phenoxy) is 1. The van der Waals surface area contributed by atoms with E-state index in [0.717, 1.165) is 83.0 Å². The number of aliphatic imine (C=N–C) groups is 1. The number of anilines is 1. The summed E-state index contributed by atoms with van der Waals surface area (Å²) in [6.07, 6.45) is 7.79. The van der Waals surface area contributed by atoms with Gasteiger partial charge in [0, 0.05) is 18.7 Å². The van der Waals surface area contributed by atoms with Gasteiger partial charge < -0.3 is 26.4 Å². The minimum absolute atomic E-state index is 0. The van der Waals surface area contributed by atoms with Gasteiger partial charge in [0.05, 0.1) is 7.11 Å². The molecular weight excluding hydrogens is 480 g/mol. The molecule has 0 saturated carbocycles. The zero-order valence-electron chi connectivity index (χ0n) is 18.5. The van der Waals surface area contributed by atoms with Gasteiger partial charge in [-0.3, -0.25) is 4.99 Å². The molecule has 0 unspecified atom stereocenters. The molecular formula is C21H41Cl4N5O. The van der Waals surface area contributed by atoms with Crippen molar-refractivity contribution in [2.45, 2.75) is 44.9 Å². The van der Waals surface area contributed by atoms with Gasteiger partial charge in [-0.1, -0.05) is 0 Å². The Hall–Kier alpha value is -0.470. The van der Waals surface area contributed by atoms with Crippen LogP contribution in [0.15, 0.2) is 23.2 Å². The van der Waals surface area contributed by atoms with Crippen LogP contribution in [-0.4, -0.2) is 52.2 Å². The molecule has 0 amide bonds. The lowest BCUT2D eigenvalue weighted by Crippen LogP contribution is -2.22. The van der Waals surface area contributed by atoms with Crippen LogP contribution in [0.3, 0.4) is 0 Å². The quantitative estimate of drug-likeness (QED) is 0.292. The largest absolute Gasteiger partial charge is 0.497 e. The van der Waals surface area contributed by atoms with Gasteiger partial charge in [-0.25, -0.2) is 0 Å². The highest BCUT2D eigenvalue weighted by atomic mass is 35.5. The second kappa shape index (κ2) is 22.7. The van der Waals surface area contributed by atoms with Crippen molar-refractivity contribution in [1.29, 1.82) is 0 Å². The third-order valence-corrected chi connectivity index (χ3v) is 4.78. The van der Waals surface area contributed by atoms with Crippen molar-refractivity contribution in [1.82, 2.24) is 10.6 Å². The normalized spacial score (nSPS) is 13.3. The number of hydrogen-bond donors (Lipinski definition) is 4. The molecule has 1 aliphatic rings. The Labute approximate surface area is 213 Å². The second-order valence-electron chi connectivity index (χ2n) is 7.03. The Balaban J connectivity index is -0.00000196. The minimum Gasteiger partial charge on any atom is -0.497 e. The average molecular weight is 521 g/mol. The first-order valence-corrected chi connectivity index (χ1v) is 10.4. The lowest BCUT2D eigenvalue weighted by molar-refractivity contribution is 0.414. The van der Waals surface area contributed by atoms with E-state index in [9.17, 15) is 0 Å². The molecule has 1 aromatic rings. The molecule has 1 aliphatic heterocycles. The molecule has 0 aromatic heterocycles. The van der Waals surface area contributed by atoms with Crippen molar-refractivity contribution in [3.63, 3.8) is 0 Å². The number of hydrogen-bond acceptors (Lipinski definition) is 5. The molecule has 10 heteroatoms. The van der Waals surface area contributed by atoms with E-state index in [0.29, 0.717) is 0 Å². The molecule has 0 fully saturated rings. The van der Waals surface area contributed by atoms with E-state index in [-0.39, 0.29) is 49.6 Å². The minimum atomic E-state index is 0. The maximum atomic E-state index is 5.47. The molecule has 0 radical (unpaired) electrons. The number of rotatable bonds is 13. The highest BCUT2D eigenvalue weighted by Gasteiger charge is 2.12. The van der Waals surface area contributed by atoms with Crippen molar-refractivity contribution < 1.29 is 4.74 Å². The van der Waals surface area contributed by atoms with Crippen LogP contribution >= 0.6 is 49.6 Å². The fraction of sp³-hybridized carbons (Fsp3) is 0.667.